The summed E-state index contributed by atoms with van der Waals surface area (Å²) in [7, 11) is 1.63. The quantitative estimate of drug-likeness (QED) is 0.796. The molecule has 0 unspecified atom stereocenters. The predicted molar refractivity (Wildman–Crippen MR) is 61.3 cm³/mol. The summed E-state index contributed by atoms with van der Waals surface area (Å²) in [6.45, 7) is 6.12. The first-order valence-corrected chi connectivity index (χ1v) is 5.59. The molecule has 2 heterocycles. The van der Waals surface area contributed by atoms with Crippen LogP contribution in [0.4, 0.5) is 0 Å². The van der Waals surface area contributed by atoms with Gasteiger partial charge in [-0.3, -0.25) is 9.88 Å². The minimum Gasteiger partial charge on any atom is -0.480 e. The molecule has 88 valence electrons. The van der Waals surface area contributed by atoms with Crippen molar-refractivity contribution in [3.8, 4) is 5.88 Å². The lowest BCUT2D eigenvalue weighted by Crippen LogP contribution is -2.48. The number of nitrogens with one attached hydrogen (secondary N) is 1. The summed E-state index contributed by atoms with van der Waals surface area (Å²) in [4.78, 5) is 10.8. The van der Waals surface area contributed by atoms with Gasteiger partial charge in [0, 0.05) is 44.6 Å². The van der Waals surface area contributed by atoms with E-state index >= 15 is 0 Å². The molecule has 1 aromatic heterocycles. The maximum Gasteiger partial charge on any atom is 0.236 e. The third kappa shape index (κ3) is 2.68. The summed E-state index contributed by atoms with van der Waals surface area (Å²) in [6, 6.07) is 0.538. The second-order valence-electron chi connectivity index (χ2n) is 4.10. The van der Waals surface area contributed by atoms with Gasteiger partial charge in [-0.05, 0) is 6.92 Å². The molecule has 0 aromatic carbocycles. The molecular weight excluding hydrogens is 204 g/mol. The first-order chi connectivity index (χ1) is 7.79. The molecule has 0 aliphatic carbocycles. The molecule has 1 aliphatic rings. The molecular formula is C11H18N4O. The number of hydrogen-bond acceptors (Lipinski definition) is 5. The summed E-state index contributed by atoms with van der Waals surface area (Å²) in [5.41, 5.74) is 0.916. The Morgan fingerprint density at radius 1 is 1.50 bits per heavy atom. The van der Waals surface area contributed by atoms with Crippen LogP contribution in [0.25, 0.3) is 0 Å². The van der Waals surface area contributed by atoms with Crippen LogP contribution in [0.5, 0.6) is 5.88 Å². The van der Waals surface area contributed by atoms with Gasteiger partial charge in [0.1, 0.15) is 5.69 Å². The predicted octanol–water partition coefficient (Wildman–Crippen LogP) is 0.279. The number of methoxy groups -OCH3 is 1. The first kappa shape index (κ1) is 11.3. The third-order valence-electron chi connectivity index (χ3n) is 2.76. The van der Waals surface area contributed by atoms with Crippen molar-refractivity contribution in [2.24, 2.45) is 0 Å². The molecule has 1 aromatic rings. The van der Waals surface area contributed by atoms with Crippen LogP contribution in [0.3, 0.4) is 0 Å². The second-order valence-corrected chi connectivity index (χ2v) is 4.10. The van der Waals surface area contributed by atoms with Gasteiger partial charge in [0.05, 0.1) is 7.11 Å². The molecule has 5 nitrogen and oxygen atoms in total. The number of aromatic nitrogens is 2. The van der Waals surface area contributed by atoms with Crippen LogP contribution < -0.4 is 10.1 Å². The van der Waals surface area contributed by atoms with Crippen molar-refractivity contribution in [2.75, 3.05) is 26.7 Å². The monoisotopic (exact) mass is 222 g/mol. The molecule has 1 saturated heterocycles. The number of piperazine rings is 1. The molecule has 2 rings (SSSR count). The highest BCUT2D eigenvalue weighted by molar-refractivity contribution is 5.16. The van der Waals surface area contributed by atoms with Crippen molar-refractivity contribution in [3.05, 3.63) is 18.1 Å². The Labute approximate surface area is 95.8 Å². The molecule has 1 atom stereocenters. The highest BCUT2D eigenvalue weighted by atomic mass is 16.5. The van der Waals surface area contributed by atoms with Crippen LogP contribution in [0.2, 0.25) is 0 Å². The van der Waals surface area contributed by atoms with Gasteiger partial charge >= 0.3 is 0 Å². The lowest BCUT2D eigenvalue weighted by Gasteiger charge is -2.31. The van der Waals surface area contributed by atoms with Crippen molar-refractivity contribution in [1.29, 1.82) is 0 Å². The van der Waals surface area contributed by atoms with Gasteiger partial charge in [-0.2, -0.15) is 0 Å². The summed E-state index contributed by atoms with van der Waals surface area (Å²) in [6.07, 6.45) is 3.37. The number of nitrogens with zero attached hydrogens (tertiary/aromatic N) is 3. The Kier molecular flexibility index (Phi) is 3.69. The van der Waals surface area contributed by atoms with E-state index < -0.39 is 0 Å². The van der Waals surface area contributed by atoms with Gasteiger partial charge in [0.2, 0.25) is 5.88 Å². The molecule has 0 amide bonds. The third-order valence-corrected chi connectivity index (χ3v) is 2.76. The maximum absolute atomic E-state index is 5.20. The van der Waals surface area contributed by atoms with Gasteiger partial charge in [-0.1, -0.05) is 0 Å². The fraction of sp³-hybridized carbons (Fsp3) is 0.636. The minimum atomic E-state index is 0.538. The van der Waals surface area contributed by atoms with E-state index in [0.717, 1.165) is 31.9 Å². The molecule has 16 heavy (non-hydrogen) atoms. The smallest absolute Gasteiger partial charge is 0.236 e. The van der Waals surface area contributed by atoms with E-state index in [9.17, 15) is 0 Å². The summed E-state index contributed by atoms with van der Waals surface area (Å²) in [5.74, 6) is 0.633. The standard InChI is InChI=1S/C11H18N4O/c1-9-7-15(6-5-12-9)8-10-11(16-2)14-4-3-13-10/h3-4,9,12H,5-8H2,1-2H3/t9-/m1/s1. The van der Waals surface area contributed by atoms with Gasteiger partial charge in [-0.25, -0.2) is 4.98 Å². The Morgan fingerprint density at radius 2 is 2.31 bits per heavy atom. The fourth-order valence-electron chi connectivity index (χ4n) is 2.00. The average molecular weight is 222 g/mol. The molecule has 0 spiro atoms. The second kappa shape index (κ2) is 5.23. The van der Waals surface area contributed by atoms with Crippen LogP contribution >= 0.6 is 0 Å². The summed E-state index contributed by atoms with van der Waals surface area (Å²) in [5, 5.41) is 3.42. The van der Waals surface area contributed by atoms with E-state index in [1.807, 2.05) is 0 Å². The SMILES string of the molecule is COc1nccnc1CN1CCN[C@H](C)C1. The van der Waals surface area contributed by atoms with Crippen LogP contribution in [0.1, 0.15) is 12.6 Å². The lowest BCUT2D eigenvalue weighted by atomic mass is 10.2. The number of rotatable bonds is 3. The van der Waals surface area contributed by atoms with Crippen molar-refractivity contribution >= 4 is 0 Å². The highest BCUT2D eigenvalue weighted by Gasteiger charge is 2.17. The summed E-state index contributed by atoms with van der Waals surface area (Å²) >= 11 is 0. The van der Waals surface area contributed by atoms with E-state index in [2.05, 4.69) is 27.1 Å². The molecule has 0 bridgehead atoms. The van der Waals surface area contributed by atoms with Crippen molar-refractivity contribution in [1.82, 2.24) is 20.2 Å². The first-order valence-electron chi connectivity index (χ1n) is 5.59. The van der Waals surface area contributed by atoms with Gasteiger partial charge in [-0.15, -0.1) is 0 Å². The minimum absolute atomic E-state index is 0.538. The topological polar surface area (TPSA) is 50.3 Å². The van der Waals surface area contributed by atoms with Crippen LogP contribution in [-0.4, -0.2) is 47.7 Å². The van der Waals surface area contributed by atoms with E-state index in [-0.39, 0.29) is 0 Å². The fourth-order valence-corrected chi connectivity index (χ4v) is 2.00. The Morgan fingerprint density at radius 3 is 3.06 bits per heavy atom. The number of hydrogen-bond donors (Lipinski definition) is 1. The van der Waals surface area contributed by atoms with Crippen molar-refractivity contribution in [2.45, 2.75) is 19.5 Å². The van der Waals surface area contributed by atoms with Crippen LogP contribution in [0, 0.1) is 0 Å². The average Bonchev–Trinajstić information content (AvgIpc) is 2.30. The molecule has 1 fully saturated rings. The Bertz CT molecular complexity index is 345. The zero-order chi connectivity index (χ0) is 11.4. The highest BCUT2D eigenvalue weighted by Crippen LogP contribution is 2.14. The molecule has 0 saturated carbocycles. The zero-order valence-electron chi connectivity index (χ0n) is 9.81. The molecule has 1 aliphatic heterocycles. The van der Waals surface area contributed by atoms with Gasteiger partial charge < -0.3 is 10.1 Å². The van der Waals surface area contributed by atoms with Crippen LogP contribution in [0.15, 0.2) is 12.4 Å². The normalized spacial score (nSPS) is 22.0. The van der Waals surface area contributed by atoms with Crippen molar-refractivity contribution in [3.63, 3.8) is 0 Å². The van der Waals surface area contributed by atoms with Gasteiger partial charge in [0.25, 0.3) is 0 Å². The molecule has 0 radical (unpaired) electrons. The molecule has 1 N–H and O–H groups in total. The van der Waals surface area contributed by atoms with Crippen LogP contribution in [-0.2, 0) is 6.54 Å². The van der Waals surface area contributed by atoms with E-state index in [1.165, 1.54) is 0 Å². The Balaban J connectivity index is 2.02. The zero-order valence-corrected chi connectivity index (χ0v) is 9.81. The lowest BCUT2D eigenvalue weighted by molar-refractivity contribution is 0.194. The summed E-state index contributed by atoms with van der Waals surface area (Å²) < 4.78 is 5.20. The Hall–Kier alpha value is -1.20. The maximum atomic E-state index is 5.20. The van der Waals surface area contributed by atoms with Crippen molar-refractivity contribution < 1.29 is 4.74 Å². The van der Waals surface area contributed by atoms with Gasteiger partial charge in [0.15, 0.2) is 0 Å². The molecule has 5 heteroatoms. The number of ether oxygens (including phenoxy) is 1. The van der Waals surface area contributed by atoms with E-state index in [1.54, 1.807) is 19.5 Å². The van der Waals surface area contributed by atoms with E-state index in [0.29, 0.717) is 11.9 Å². The largest absolute Gasteiger partial charge is 0.480 e. The van der Waals surface area contributed by atoms with E-state index in [4.69, 9.17) is 4.74 Å².